The van der Waals surface area contributed by atoms with E-state index < -0.39 is 0 Å². The zero-order chi connectivity index (χ0) is 14.4. The number of fused-ring (bicyclic) bond motifs is 1. The number of benzene rings is 1. The van der Waals surface area contributed by atoms with Gasteiger partial charge in [0.25, 0.3) is 0 Å². The predicted molar refractivity (Wildman–Crippen MR) is 80.5 cm³/mol. The molecule has 1 aromatic carbocycles. The number of hydrogen-bond acceptors (Lipinski definition) is 3. The van der Waals surface area contributed by atoms with Crippen molar-refractivity contribution in [1.82, 2.24) is 20.5 Å². The Labute approximate surface area is 119 Å². The van der Waals surface area contributed by atoms with E-state index in [0.29, 0.717) is 19.6 Å². The minimum atomic E-state index is -0.0735. The lowest BCUT2D eigenvalue weighted by Gasteiger charge is -2.12. The van der Waals surface area contributed by atoms with Gasteiger partial charge in [0.2, 0.25) is 0 Å². The molecule has 2 N–H and O–H groups in total. The van der Waals surface area contributed by atoms with Crippen molar-refractivity contribution in [1.29, 1.82) is 0 Å². The predicted octanol–water partition coefficient (Wildman–Crippen LogP) is 1.60. The number of nitrogens with zero attached hydrogens (tertiary/aromatic N) is 2. The van der Waals surface area contributed by atoms with E-state index in [-0.39, 0.29) is 6.03 Å². The average Bonchev–Trinajstić information content (AvgIpc) is 2.46. The molecule has 0 atom stereocenters. The molecule has 0 unspecified atom stereocenters. The van der Waals surface area contributed by atoms with Gasteiger partial charge in [-0.25, -0.2) is 4.79 Å². The van der Waals surface area contributed by atoms with Crippen LogP contribution in [-0.4, -0.2) is 43.1 Å². The Balaban J connectivity index is 1.77. The van der Waals surface area contributed by atoms with Crippen molar-refractivity contribution in [3.8, 4) is 0 Å². The lowest BCUT2D eigenvalue weighted by atomic mass is 10.2. The number of carbonyl (C=O) groups excluding carboxylic acids is 1. The molecule has 0 bridgehead atoms. The third kappa shape index (κ3) is 3.93. The fourth-order valence-corrected chi connectivity index (χ4v) is 1.84. The summed E-state index contributed by atoms with van der Waals surface area (Å²) in [6.45, 7) is 2.02. The Kier molecular flexibility index (Phi) is 4.90. The van der Waals surface area contributed by atoms with Crippen LogP contribution >= 0.6 is 0 Å². The van der Waals surface area contributed by atoms with Gasteiger partial charge in [0.1, 0.15) is 0 Å². The second-order valence-corrected chi connectivity index (χ2v) is 4.80. The minimum absolute atomic E-state index is 0.0735. The number of nitrogens with one attached hydrogen (secondary N) is 2. The summed E-state index contributed by atoms with van der Waals surface area (Å²) in [7, 11) is 3.45. The van der Waals surface area contributed by atoms with Crippen LogP contribution in [0, 0.1) is 0 Å². The molecule has 0 saturated heterocycles. The summed E-state index contributed by atoms with van der Waals surface area (Å²) < 4.78 is 0. The van der Waals surface area contributed by atoms with Gasteiger partial charge in [-0.05, 0) is 12.1 Å². The Hall–Kier alpha value is -2.14. The summed E-state index contributed by atoms with van der Waals surface area (Å²) in [6, 6.07) is 12.1. The summed E-state index contributed by atoms with van der Waals surface area (Å²) in [5, 5.41) is 7.21. The maximum atomic E-state index is 11.3. The molecular weight excluding hydrogens is 252 g/mol. The fourth-order valence-electron chi connectivity index (χ4n) is 1.84. The number of amides is 2. The van der Waals surface area contributed by atoms with Gasteiger partial charge in [0.15, 0.2) is 0 Å². The van der Waals surface area contributed by atoms with Crippen LogP contribution in [0.2, 0.25) is 0 Å². The molecule has 20 heavy (non-hydrogen) atoms. The van der Waals surface area contributed by atoms with Crippen molar-refractivity contribution >= 4 is 16.9 Å². The van der Waals surface area contributed by atoms with Gasteiger partial charge in [0.05, 0.1) is 11.2 Å². The van der Waals surface area contributed by atoms with E-state index >= 15 is 0 Å². The molecule has 0 aliphatic rings. The number of para-hydroxylation sites is 1. The van der Waals surface area contributed by atoms with Gasteiger partial charge < -0.3 is 15.5 Å². The fraction of sp³-hybridized carbons (Fsp3) is 0.333. The van der Waals surface area contributed by atoms with Crippen molar-refractivity contribution in [3.63, 3.8) is 0 Å². The van der Waals surface area contributed by atoms with Crippen LogP contribution < -0.4 is 10.6 Å². The standard InChI is InChI=1S/C15H20N4O/c1-19(2)15(20)17-10-9-16-11-13-8-7-12-5-3-4-6-14(12)18-13/h3-8,16H,9-11H2,1-2H3,(H,17,20). The lowest BCUT2D eigenvalue weighted by Crippen LogP contribution is -2.38. The highest BCUT2D eigenvalue weighted by Gasteiger charge is 2.01. The van der Waals surface area contributed by atoms with E-state index in [1.165, 1.54) is 4.90 Å². The van der Waals surface area contributed by atoms with Crippen molar-refractivity contribution in [2.24, 2.45) is 0 Å². The van der Waals surface area contributed by atoms with Crippen LogP contribution in [0.5, 0.6) is 0 Å². The molecule has 2 aromatic rings. The number of rotatable bonds is 5. The topological polar surface area (TPSA) is 57.3 Å². The highest BCUT2D eigenvalue weighted by atomic mass is 16.2. The molecule has 0 spiro atoms. The Morgan fingerprint density at radius 3 is 2.75 bits per heavy atom. The molecular formula is C15H20N4O. The first-order valence-corrected chi connectivity index (χ1v) is 6.67. The zero-order valence-electron chi connectivity index (χ0n) is 11.9. The summed E-state index contributed by atoms with van der Waals surface area (Å²) >= 11 is 0. The molecule has 5 nitrogen and oxygen atoms in total. The van der Waals surface area contributed by atoms with Gasteiger partial charge in [-0.3, -0.25) is 4.98 Å². The van der Waals surface area contributed by atoms with Gasteiger partial charge in [-0.1, -0.05) is 24.3 Å². The Bertz CT molecular complexity index is 583. The molecule has 0 radical (unpaired) electrons. The second-order valence-electron chi connectivity index (χ2n) is 4.80. The molecule has 0 aliphatic heterocycles. The van der Waals surface area contributed by atoms with Gasteiger partial charge >= 0.3 is 6.03 Å². The van der Waals surface area contributed by atoms with Crippen molar-refractivity contribution in [2.45, 2.75) is 6.54 Å². The Morgan fingerprint density at radius 2 is 1.95 bits per heavy atom. The van der Waals surface area contributed by atoms with E-state index in [9.17, 15) is 4.79 Å². The van der Waals surface area contributed by atoms with Crippen LogP contribution in [-0.2, 0) is 6.54 Å². The Morgan fingerprint density at radius 1 is 1.15 bits per heavy atom. The molecule has 2 rings (SSSR count). The van der Waals surface area contributed by atoms with Crippen molar-refractivity contribution in [2.75, 3.05) is 27.2 Å². The maximum absolute atomic E-state index is 11.3. The maximum Gasteiger partial charge on any atom is 0.316 e. The van der Waals surface area contributed by atoms with Crippen LogP contribution in [0.3, 0.4) is 0 Å². The number of hydrogen-bond donors (Lipinski definition) is 2. The van der Waals surface area contributed by atoms with Crippen LogP contribution in [0.15, 0.2) is 36.4 Å². The highest BCUT2D eigenvalue weighted by molar-refractivity contribution is 5.78. The third-order valence-electron chi connectivity index (χ3n) is 2.95. The number of urea groups is 1. The largest absolute Gasteiger partial charge is 0.337 e. The molecule has 106 valence electrons. The van der Waals surface area contributed by atoms with Crippen molar-refractivity contribution < 1.29 is 4.79 Å². The van der Waals surface area contributed by atoms with Crippen molar-refractivity contribution in [3.05, 3.63) is 42.1 Å². The van der Waals surface area contributed by atoms with E-state index in [4.69, 9.17) is 0 Å². The molecule has 5 heteroatoms. The molecule has 1 aromatic heterocycles. The second kappa shape index (κ2) is 6.86. The molecule has 2 amide bonds. The number of pyridine rings is 1. The summed E-state index contributed by atoms with van der Waals surface area (Å²) in [4.78, 5) is 17.4. The van der Waals surface area contributed by atoms with E-state index in [0.717, 1.165) is 16.6 Å². The van der Waals surface area contributed by atoms with Gasteiger partial charge in [-0.2, -0.15) is 0 Å². The summed E-state index contributed by atoms with van der Waals surface area (Å²) in [5.41, 5.74) is 2.01. The quantitative estimate of drug-likeness (QED) is 0.813. The summed E-state index contributed by atoms with van der Waals surface area (Å²) in [6.07, 6.45) is 0. The van der Waals surface area contributed by atoms with Gasteiger partial charge in [-0.15, -0.1) is 0 Å². The first kappa shape index (κ1) is 14.3. The molecule has 0 fully saturated rings. The lowest BCUT2D eigenvalue weighted by molar-refractivity contribution is 0.217. The normalized spacial score (nSPS) is 10.5. The first-order chi connectivity index (χ1) is 9.66. The molecule has 1 heterocycles. The monoisotopic (exact) mass is 272 g/mol. The van der Waals surface area contributed by atoms with E-state index in [1.54, 1.807) is 14.1 Å². The first-order valence-electron chi connectivity index (χ1n) is 6.67. The highest BCUT2D eigenvalue weighted by Crippen LogP contribution is 2.11. The number of aromatic nitrogens is 1. The summed E-state index contributed by atoms with van der Waals surface area (Å²) in [5.74, 6) is 0. The molecule has 0 saturated carbocycles. The van der Waals surface area contributed by atoms with Crippen LogP contribution in [0.25, 0.3) is 10.9 Å². The van der Waals surface area contributed by atoms with Crippen LogP contribution in [0.4, 0.5) is 4.79 Å². The van der Waals surface area contributed by atoms with Crippen LogP contribution in [0.1, 0.15) is 5.69 Å². The molecule has 0 aliphatic carbocycles. The van der Waals surface area contributed by atoms with E-state index in [1.807, 2.05) is 24.3 Å². The van der Waals surface area contributed by atoms with E-state index in [2.05, 4.69) is 27.8 Å². The average molecular weight is 272 g/mol. The third-order valence-corrected chi connectivity index (χ3v) is 2.95. The van der Waals surface area contributed by atoms with Gasteiger partial charge in [0, 0.05) is 39.1 Å². The SMILES string of the molecule is CN(C)C(=O)NCCNCc1ccc2ccccc2n1. The number of carbonyl (C=O) groups is 1. The minimum Gasteiger partial charge on any atom is -0.337 e. The zero-order valence-corrected chi connectivity index (χ0v) is 11.9. The smallest absolute Gasteiger partial charge is 0.316 e.